The minimum Gasteiger partial charge on any atom is -0.480 e. The number of anilines is 1. The number of nitrogens with one attached hydrogen (secondary N) is 2. The number of rotatable bonds is 6. The van der Waals surface area contributed by atoms with Crippen molar-refractivity contribution in [3.05, 3.63) is 57.5 Å². The monoisotopic (exact) mass is 438 g/mol. The molecule has 0 bridgehead atoms. The van der Waals surface area contributed by atoms with Crippen molar-refractivity contribution in [2.45, 2.75) is 32.9 Å². The van der Waals surface area contributed by atoms with Gasteiger partial charge in [-0.05, 0) is 67.0 Å². The second-order valence-electron chi connectivity index (χ2n) is 6.00. The summed E-state index contributed by atoms with van der Waals surface area (Å²) in [5, 5.41) is 6.13. The third kappa shape index (κ3) is 5.47. The normalized spacial score (nSPS) is 11.8. The minimum atomic E-state index is -0.770. The minimum absolute atomic E-state index is 0.00392. The molecule has 2 N–H and O–H groups in total. The molecule has 0 spiro atoms. The van der Waals surface area contributed by atoms with Gasteiger partial charge in [0.25, 0.3) is 11.8 Å². The molecule has 2 aromatic rings. The number of amides is 2. The van der Waals surface area contributed by atoms with Crippen LogP contribution < -0.4 is 15.4 Å². The second kappa shape index (κ2) is 9.05. The summed E-state index contributed by atoms with van der Waals surface area (Å²) < 4.78 is 6.33. The van der Waals surface area contributed by atoms with E-state index in [0.29, 0.717) is 26.5 Å². The van der Waals surface area contributed by atoms with Crippen molar-refractivity contribution in [3.8, 4) is 5.75 Å². The van der Waals surface area contributed by atoms with Crippen molar-refractivity contribution in [2.24, 2.45) is 0 Å². The van der Waals surface area contributed by atoms with Crippen LogP contribution in [0, 0.1) is 0 Å². The van der Waals surface area contributed by atoms with Crippen molar-refractivity contribution in [3.63, 3.8) is 0 Å². The molecule has 7 heteroatoms. The number of ether oxygens (including phenoxy) is 1. The molecule has 0 fully saturated rings. The highest BCUT2D eigenvalue weighted by atomic mass is 79.9. The van der Waals surface area contributed by atoms with Crippen LogP contribution in [0.3, 0.4) is 0 Å². The van der Waals surface area contributed by atoms with Crippen molar-refractivity contribution in [2.75, 3.05) is 5.32 Å². The molecule has 0 aliphatic heterocycles. The largest absolute Gasteiger partial charge is 0.480 e. The Hall–Kier alpha value is -2.05. The third-order valence-electron chi connectivity index (χ3n) is 3.42. The van der Waals surface area contributed by atoms with Gasteiger partial charge in [-0.25, -0.2) is 0 Å². The predicted molar refractivity (Wildman–Crippen MR) is 107 cm³/mol. The molecule has 0 heterocycles. The molecule has 1 unspecified atom stereocenters. The number of para-hydroxylation sites is 1. The Bertz CT molecular complexity index is 811. The standard InChI is InChI=1S/C19H20BrClN2O3/c1-11(2)22-19(25)14-6-4-5-7-16(14)23-18(24)12(3)26-17-9-8-13(21)10-15(17)20/h4-12H,1-3H3,(H,22,25)(H,23,24). The van der Waals surface area contributed by atoms with Crippen LogP contribution >= 0.6 is 27.5 Å². The SMILES string of the molecule is CC(C)NC(=O)c1ccccc1NC(=O)C(C)Oc1ccc(Cl)cc1Br. The van der Waals surface area contributed by atoms with E-state index in [0.717, 1.165) is 0 Å². The Morgan fingerprint density at radius 1 is 1.12 bits per heavy atom. The van der Waals surface area contributed by atoms with E-state index in [-0.39, 0.29) is 17.9 Å². The fourth-order valence-electron chi connectivity index (χ4n) is 2.18. The Kier molecular flexibility index (Phi) is 7.06. The van der Waals surface area contributed by atoms with Crippen molar-refractivity contribution >= 4 is 45.0 Å². The van der Waals surface area contributed by atoms with Gasteiger partial charge in [0.2, 0.25) is 0 Å². The lowest BCUT2D eigenvalue weighted by atomic mass is 10.1. The number of hydrogen-bond donors (Lipinski definition) is 2. The molecular weight excluding hydrogens is 420 g/mol. The summed E-state index contributed by atoms with van der Waals surface area (Å²) in [6, 6.07) is 11.9. The number of hydrogen-bond acceptors (Lipinski definition) is 3. The molecule has 2 aromatic carbocycles. The average molecular weight is 440 g/mol. The van der Waals surface area contributed by atoms with Gasteiger partial charge < -0.3 is 15.4 Å². The lowest BCUT2D eigenvalue weighted by Gasteiger charge is -2.17. The Morgan fingerprint density at radius 2 is 1.81 bits per heavy atom. The van der Waals surface area contributed by atoms with E-state index in [1.807, 2.05) is 13.8 Å². The molecular formula is C19H20BrClN2O3. The fourth-order valence-corrected chi connectivity index (χ4v) is 2.96. The van der Waals surface area contributed by atoms with E-state index >= 15 is 0 Å². The second-order valence-corrected chi connectivity index (χ2v) is 7.29. The van der Waals surface area contributed by atoms with Gasteiger partial charge in [0.1, 0.15) is 5.75 Å². The highest BCUT2D eigenvalue weighted by molar-refractivity contribution is 9.10. The molecule has 1 atom stereocenters. The van der Waals surface area contributed by atoms with Crippen LogP contribution in [0.25, 0.3) is 0 Å². The zero-order valence-electron chi connectivity index (χ0n) is 14.7. The molecule has 138 valence electrons. The van der Waals surface area contributed by atoms with Gasteiger partial charge >= 0.3 is 0 Å². The molecule has 26 heavy (non-hydrogen) atoms. The van der Waals surface area contributed by atoms with E-state index in [2.05, 4.69) is 26.6 Å². The molecule has 2 amide bonds. The lowest BCUT2D eigenvalue weighted by molar-refractivity contribution is -0.122. The zero-order chi connectivity index (χ0) is 19.3. The van der Waals surface area contributed by atoms with Gasteiger partial charge in [0.05, 0.1) is 15.7 Å². The maximum atomic E-state index is 12.5. The van der Waals surface area contributed by atoms with Crippen LogP contribution in [-0.4, -0.2) is 24.0 Å². The van der Waals surface area contributed by atoms with Crippen LogP contribution in [-0.2, 0) is 4.79 Å². The van der Waals surface area contributed by atoms with Crippen molar-refractivity contribution in [1.82, 2.24) is 5.32 Å². The quantitative estimate of drug-likeness (QED) is 0.688. The first-order valence-corrected chi connectivity index (χ1v) is 9.27. The summed E-state index contributed by atoms with van der Waals surface area (Å²) in [6.07, 6.45) is -0.770. The number of carbonyl (C=O) groups is 2. The molecule has 0 saturated heterocycles. The predicted octanol–water partition coefficient (Wildman–Crippen LogP) is 4.65. The van der Waals surface area contributed by atoms with E-state index in [4.69, 9.17) is 16.3 Å². The third-order valence-corrected chi connectivity index (χ3v) is 4.27. The highest BCUT2D eigenvalue weighted by Gasteiger charge is 2.19. The average Bonchev–Trinajstić information content (AvgIpc) is 2.57. The summed E-state index contributed by atoms with van der Waals surface area (Å²) in [5.41, 5.74) is 0.829. The molecule has 5 nitrogen and oxygen atoms in total. The molecule has 2 rings (SSSR count). The van der Waals surface area contributed by atoms with E-state index in [1.54, 1.807) is 49.4 Å². The maximum absolute atomic E-state index is 12.5. The first kappa shape index (κ1) is 20.3. The molecule has 0 aliphatic rings. The van der Waals surface area contributed by atoms with E-state index in [1.165, 1.54) is 0 Å². The van der Waals surface area contributed by atoms with Crippen LogP contribution in [0.1, 0.15) is 31.1 Å². The summed E-state index contributed by atoms with van der Waals surface area (Å²) in [5.74, 6) is -0.107. The van der Waals surface area contributed by atoms with Crippen molar-refractivity contribution < 1.29 is 14.3 Å². The first-order chi connectivity index (χ1) is 12.3. The Balaban J connectivity index is 2.10. The molecule has 0 saturated carbocycles. The first-order valence-electron chi connectivity index (χ1n) is 8.10. The van der Waals surface area contributed by atoms with Gasteiger partial charge in [-0.1, -0.05) is 23.7 Å². The van der Waals surface area contributed by atoms with Crippen LogP contribution in [0.4, 0.5) is 5.69 Å². The van der Waals surface area contributed by atoms with Crippen LogP contribution in [0.5, 0.6) is 5.75 Å². The smallest absolute Gasteiger partial charge is 0.265 e. The zero-order valence-corrected chi connectivity index (χ0v) is 17.0. The Labute approximate surface area is 166 Å². The van der Waals surface area contributed by atoms with Crippen LogP contribution in [0.15, 0.2) is 46.9 Å². The van der Waals surface area contributed by atoms with Crippen LogP contribution in [0.2, 0.25) is 5.02 Å². The summed E-state index contributed by atoms with van der Waals surface area (Å²) in [7, 11) is 0. The fraction of sp³-hybridized carbons (Fsp3) is 0.263. The van der Waals surface area contributed by atoms with Gasteiger partial charge in [-0.2, -0.15) is 0 Å². The Morgan fingerprint density at radius 3 is 2.46 bits per heavy atom. The number of carbonyl (C=O) groups excluding carboxylic acids is 2. The summed E-state index contributed by atoms with van der Waals surface area (Å²) >= 11 is 9.25. The lowest BCUT2D eigenvalue weighted by Crippen LogP contribution is -2.33. The number of halogens is 2. The van der Waals surface area contributed by atoms with Crippen molar-refractivity contribution in [1.29, 1.82) is 0 Å². The highest BCUT2D eigenvalue weighted by Crippen LogP contribution is 2.29. The van der Waals surface area contributed by atoms with E-state index < -0.39 is 6.10 Å². The van der Waals surface area contributed by atoms with Gasteiger partial charge in [-0.3, -0.25) is 9.59 Å². The van der Waals surface area contributed by atoms with Gasteiger partial charge in [0, 0.05) is 11.1 Å². The molecule has 0 aliphatic carbocycles. The van der Waals surface area contributed by atoms with Gasteiger partial charge in [0.15, 0.2) is 6.10 Å². The summed E-state index contributed by atoms with van der Waals surface area (Å²) in [6.45, 7) is 5.38. The number of benzene rings is 2. The molecule has 0 aromatic heterocycles. The molecule has 0 radical (unpaired) electrons. The summed E-state index contributed by atoms with van der Waals surface area (Å²) in [4.78, 5) is 24.8. The van der Waals surface area contributed by atoms with Gasteiger partial charge in [-0.15, -0.1) is 0 Å². The maximum Gasteiger partial charge on any atom is 0.265 e. The topological polar surface area (TPSA) is 67.4 Å². The van der Waals surface area contributed by atoms with E-state index in [9.17, 15) is 9.59 Å².